The van der Waals surface area contributed by atoms with Gasteiger partial charge in [-0.05, 0) is 43.4 Å². The van der Waals surface area contributed by atoms with Crippen LogP contribution in [0.5, 0.6) is 0 Å². The van der Waals surface area contributed by atoms with Gasteiger partial charge >= 0.3 is 0 Å². The SMILES string of the molecule is CN(C)c1ncc(-c2ccc(F)cc2)c(C2CCN(C(=O)CC[C@H]3CCC(=O)N3)CC2)n1. The predicted octanol–water partition coefficient (Wildman–Crippen LogP) is 3.11. The first-order valence-electron chi connectivity index (χ1n) is 11.3. The minimum absolute atomic E-state index is 0.0853. The van der Waals surface area contributed by atoms with E-state index in [0.29, 0.717) is 38.3 Å². The fraction of sp³-hybridized carbons (Fsp3) is 0.500. The van der Waals surface area contributed by atoms with Gasteiger partial charge in [-0.3, -0.25) is 9.59 Å². The number of likely N-dealkylation sites (tertiary alicyclic amines) is 1. The molecule has 7 nitrogen and oxygen atoms in total. The van der Waals surface area contributed by atoms with Crippen LogP contribution >= 0.6 is 0 Å². The van der Waals surface area contributed by atoms with Crippen LogP contribution < -0.4 is 10.2 Å². The molecular weight excluding hydrogens is 409 g/mol. The van der Waals surface area contributed by atoms with Crippen molar-refractivity contribution >= 4 is 17.8 Å². The highest BCUT2D eigenvalue weighted by Crippen LogP contribution is 2.35. The second kappa shape index (κ2) is 9.63. The van der Waals surface area contributed by atoms with E-state index in [1.165, 1.54) is 12.1 Å². The molecule has 2 aliphatic heterocycles. The molecule has 2 aliphatic rings. The largest absolute Gasteiger partial charge is 0.353 e. The molecule has 2 amide bonds. The lowest BCUT2D eigenvalue weighted by molar-refractivity contribution is -0.132. The molecule has 8 heteroatoms. The minimum Gasteiger partial charge on any atom is -0.353 e. The summed E-state index contributed by atoms with van der Waals surface area (Å²) >= 11 is 0. The zero-order valence-corrected chi connectivity index (χ0v) is 18.7. The molecule has 0 bridgehead atoms. The van der Waals surface area contributed by atoms with Crippen LogP contribution in [0.3, 0.4) is 0 Å². The minimum atomic E-state index is -0.273. The zero-order valence-electron chi connectivity index (χ0n) is 18.7. The van der Waals surface area contributed by atoms with E-state index >= 15 is 0 Å². The van der Waals surface area contributed by atoms with E-state index in [0.717, 1.165) is 36.1 Å². The number of hydrogen-bond donors (Lipinski definition) is 1. The molecular formula is C24H30FN5O2. The first-order chi connectivity index (χ1) is 15.4. The third kappa shape index (κ3) is 5.06. The van der Waals surface area contributed by atoms with E-state index in [4.69, 9.17) is 4.98 Å². The topological polar surface area (TPSA) is 78.4 Å². The molecule has 170 valence electrons. The summed E-state index contributed by atoms with van der Waals surface area (Å²) in [6.45, 7) is 1.37. The van der Waals surface area contributed by atoms with E-state index in [1.54, 1.807) is 12.1 Å². The highest BCUT2D eigenvalue weighted by molar-refractivity contribution is 5.79. The Bertz CT molecular complexity index is 971. The van der Waals surface area contributed by atoms with Gasteiger partial charge in [0.25, 0.3) is 0 Å². The highest BCUT2D eigenvalue weighted by Gasteiger charge is 2.28. The van der Waals surface area contributed by atoms with Gasteiger partial charge in [0, 0.05) is 63.7 Å². The summed E-state index contributed by atoms with van der Waals surface area (Å²) in [5.41, 5.74) is 2.76. The quantitative estimate of drug-likeness (QED) is 0.748. The normalized spacial score (nSPS) is 19.2. The van der Waals surface area contributed by atoms with Gasteiger partial charge in [0.2, 0.25) is 17.8 Å². The van der Waals surface area contributed by atoms with Gasteiger partial charge in [0.15, 0.2) is 0 Å². The van der Waals surface area contributed by atoms with E-state index in [1.807, 2.05) is 30.1 Å². The second-order valence-corrected chi connectivity index (χ2v) is 8.87. The molecule has 32 heavy (non-hydrogen) atoms. The number of halogens is 1. The van der Waals surface area contributed by atoms with Crippen molar-refractivity contribution in [1.29, 1.82) is 0 Å². The Morgan fingerprint density at radius 1 is 1.19 bits per heavy atom. The molecule has 0 saturated carbocycles. The van der Waals surface area contributed by atoms with Crippen molar-refractivity contribution in [3.8, 4) is 11.1 Å². The number of hydrogen-bond acceptors (Lipinski definition) is 5. The first kappa shape index (κ1) is 22.2. The summed E-state index contributed by atoms with van der Waals surface area (Å²) in [6.07, 6.45) is 6.02. The standard InChI is InChI=1S/C24H30FN5O2/c1-29(2)24-26-15-20(16-3-5-18(25)6-4-16)23(28-24)17-11-13-30(14-12-17)22(32)10-8-19-7-9-21(31)27-19/h3-6,15,17,19H,7-14H2,1-2H3,(H,27,31)/t19-/m1/s1. The van der Waals surface area contributed by atoms with Crippen LogP contribution in [0, 0.1) is 5.82 Å². The van der Waals surface area contributed by atoms with Crippen LogP contribution in [-0.4, -0.2) is 59.9 Å². The van der Waals surface area contributed by atoms with Crippen molar-refractivity contribution in [3.05, 3.63) is 42.0 Å². The average molecular weight is 440 g/mol. The fourth-order valence-electron chi connectivity index (χ4n) is 4.52. The van der Waals surface area contributed by atoms with Gasteiger partial charge < -0.3 is 15.1 Å². The monoisotopic (exact) mass is 439 g/mol. The third-order valence-electron chi connectivity index (χ3n) is 6.39. The van der Waals surface area contributed by atoms with Gasteiger partial charge in [-0.1, -0.05) is 12.1 Å². The number of benzene rings is 1. The molecule has 2 fully saturated rings. The number of rotatable bonds is 6. The number of carbonyl (C=O) groups is 2. The lowest BCUT2D eigenvalue weighted by atomic mass is 9.88. The predicted molar refractivity (Wildman–Crippen MR) is 121 cm³/mol. The van der Waals surface area contributed by atoms with E-state index in [9.17, 15) is 14.0 Å². The number of nitrogens with zero attached hydrogens (tertiary/aromatic N) is 4. The molecule has 3 heterocycles. The molecule has 0 unspecified atom stereocenters. The smallest absolute Gasteiger partial charge is 0.225 e. The average Bonchev–Trinajstić information content (AvgIpc) is 3.23. The summed E-state index contributed by atoms with van der Waals surface area (Å²) in [5, 5.41) is 2.93. The first-order valence-corrected chi connectivity index (χ1v) is 11.3. The van der Waals surface area contributed by atoms with Gasteiger partial charge in [-0.2, -0.15) is 0 Å². The molecule has 1 aromatic carbocycles. The Hall–Kier alpha value is -3.03. The van der Waals surface area contributed by atoms with Gasteiger partial charge in [0.05, 0.1) is 5.69 Å². The van der Waals surface area contributed by atoms with Crippen LogP contribution in [0.25, 0.3) is 11.1 Å². The molecule has 4 rings (SSSR count). The van der Waals surface area contributed by atoms with Crippen molar-refractivity contribution in [2.24, 2.45) is 0 Å². The summed E-state index contributed by atoms with van der Waals surface area (Å²) in [6, 6.07) is 6.55. The highest BCUT2D eigenvalue weighted by atomic mass is 19.1. The Balaban J connectivity index is 1.44. The molecule has 0 spiro atoms. The second-order valence-electron chi connectivity index (χ2n) is 8.87. The maximum Gasteiger partial charge on any atom is 0.225 e. The van der Waals surface area contributed by atoms with E-state index < -0.39 is 0 Å². The summed E-state index contributed by atoms with van der Waals surface area (Å²) < 4.78 is 13.4. The number of carbonyl (C=O) groups excluding carboxylic acids is 2. The van der Waals surface area contributed by atoms with Crippen LogP contribution in [0.4, 0.5) is 10.3 Å². The summed E-state index contributed by atoms with van der Waals surface area (Å²) in [7, 11) is 3.81. The number of anilines is 1. The van der Waals surface area contributed by atoms with E-state index in [2.05, 4.69) is 10.3 Å². The fourth-order valence-corrected chi connectivity index (χ4v) is 4.52. The van der Waals surface area contributed by atoms with Crippen molar-refractivity contribution in [3.63, 3.8) is 0 Å². The number of aromatic nitrogens is 2. The lowest BCUT2D eigenvalue weighted by Crippen LogP contribution is -2.39. The van der Waals surface area contributed by atoms with Gasteiger partial charge in [-0.25, -0.2) is 14.4 Å². The van der Waals surface area contributed by atoms with E-state index in [-0.39, 0.29) is 29.6 Å². The Kier molecular flexibility index (Phi) is 6.67. The maximum absolute atomic E-state index is 13.4. The molecule has 0 aliphatic carbocycles. The molecule has 2 saturated heterocycles. The molecule has 1 atom stereocenters. The molecule has 2 aromatic rings. The van der Waals surface area contributed by atoms with Crippen LogP contribution in [0.15, 0.2) is 30.5 Å². The maximum atomic E-state index is 13.4. The van der Waals surface area contributed by atoms with Crippen LogP contribution in [0.2, 0.25) is 0 Å². The van der Waals surface area contributed by atoms with Crippen LogP contribution in [0.1, 0.15) is 50.1 Å². The number of nitrogens with one attached hydrogen (secondary N) is 1. The van der Waals surface area contributed by atoms with Gasteiger partial charge in [0.1, 0.15) is 5.82 Å². The summed E-state index contributed by atoms with van der Waals surface area (Å²) in [4.78, 5) is 37.1. The van der Waals surface area contributed by atoms with Crippen molar-refractivity contribution < 1.29 is 14.0 Å². The third-order valence-corrected chi connectivity index (χ3v) is 6.39. The van der Waals surface area contributed by atoms with Crippen molar-refractivity contribution in [2.75, 3.05) is 32.1 Å². The number of amides is 2. The van der Waals surface area contributed by atoms with Crippen molar-refractivity contribution in [1.82, 2.24) is 20.2 Å². The van der Waals surface area contributed by atoms with Crippen LogP contribution in [-0.2, 0) is 9.59 Å². The lowest BCUT2D eigenvalue weighted by Gasteiger charge is -2.33. The zero-order chi connectivity index (χ0) is 22.7. The number of piperidine rings is 1. The molecule has 1 N–H and O–H groups in total. The van der Waals surface area contributed by atoms with Crippen molar-refractivity contribution in [2.45, 2.75) is 50.5 Å². The Morgan fingerprint density at radius 2 is 1.91 bits per heavy atom. The molecule has 0 radical (unpaired) electrons. The van der Waals surface area contributed by atoms with Gasteiger partial charge in [-0.15, -0.1) is 0 Å². The Labute approximate surface area is 188 Å². The molecule has 1 aromatic heterocycles. The Morgan fingerprint density at radius 3 is 2.53 bits per heavy atom. The summed E-state index contributed by atoms with van der Waals surface area (Å²) in [5.74, 6) is 0.810.